The number of carbonyl (C=O) groups excluding carboxylic acids is 2. The van der Waals surface area contributed by atoms with E-state index >= 15 is 0 Å². The lowest BCUT2D eigenvalue weighted by atomic mass is 9.95. The number of nitrogens with zero attached hydrogens (tertiary/aromatic N) is 2. The molecule has 0 aliphatic carbocycles. The Bertz CT molecular complexity index is 1450. The van der Waals surface area contributed by atoms with Crippen LogP contribution in [0.1, 0.15) is 21.5 Å². The second kappa shape index (κ2) is 6.18. The molecular weight excluding hydrogens is 382 g/mol. The third-order valence-electron chi connectivity index (χ3n) is 5.60. The normalized spacial score (nSPS) is 14.2. The molecule has 148 valence electrons. The molecular formula is C23H17N3O4. The first-order valence-electron chi connectivity index (χ1n) is 9.34. The van der Waals surface area contributed by atoms with Crippen LogP contribution in [0.25, 0.3) is 33.0 Å². The molecule has 1 aliphatic rings. The van der Waals surface area contributed by atoms with Crippen LogP contribution < -0.4 is 5.32 Å². The topological polar surface area (TPSA) is 93.3 Å². The second-order valence-corrected chi connectivity index (χ2v) is 7.39. The third kappa shape index (κ3) is 2.42. The van der Waals surface area contributed by atoms with Crippen molar-refractivity contribution >= 4 is 50.7 Å². The van der Waals surface area contributed by atoms with Crippen LogP contribution in [0.15, 0.2) is 54.9 Å². The van der Waals surface area contributed by atoms with Crippen LogP contribution in [0.3, 0.4) is 0 Å². The SMILES string of the molecule is Cn1cc(C2=C(c3cn(C)c4ccc(C(=O)O)cc34)C(=O)NC2=O)c2ccccc21. The minimum absolute atomic E-state index is 0.118. The highest BCUT2D eigenvalue weighted by atomic mass is 16.4. The summed E-state index contributed by atoms with van der Waals surface area (Å²) in [7, 11) is 3.71. The summed E-state index contributed by atoms with van der Waals surface area (Å²) in [5, 5.41) is 13.3. The van der Waals surface area contributed by atoms with Crippen LogP contribution in [-0.2, 0) is 23.7 Å². The van der Waals surface area contributed by atoms with E-state index in [1.54, 1.807) is 12.3 Å². The molecule has 0 atom stereocenters. The van der Waals surface area contributed by atoms with Gasteiger partial charge in [0.2, 0.25) is 0 Å². The lowest BCUT2D eigenvalue weighted by Gasteiger charge is -2.03. The van der Waals surface area contributed by atoms with Crippen LogP contribution in [-0.4, -0.2) is 32.0 Å². The van der Waals surface area contributed by atoms with E-state index in [1.165, 1.54) is 12.1 Å². The Morgan fingerprint density at radius 3 is 2.03 bits per heavy atom. The van der Waals surface area contributed by atoms with Gasteiger partial charge in [0.05, 0.1) is 16.7 Å². The highest BCUT2D eigenvalue weighted by molar-refractivity contribution is 6.50. The first kappa shape index (κ1) is 17.9. The molecule has 0 radical (unpaired) electrons. The number of aromatic nitrogens is 2. The molecule has 0 spiro atoms. The fourth-order valence-electron chi connectivity index (χ4n) is 4.23. The van der Waals surface area contributed by atoms with Gasteiger partial charge in [-0.25, -0.2) is 4.79 Å². The number of carbonyl (C=O) groups is 3. The van der Waals surface area contributed by atoms with Crippen molar-refractivity contribution in [3.8, 4) is 0 Å². The highest BCUT2D eigenvalue weighted by Crippen LogP contribution is 2.38. The van der Waals surface area contributed by atoms with Gasteiger partial charge in [0.1, 0.15) is 0 Å². The van der Waals surface area contributed by atoms with E-state index in [4.69, 9.17) is 0 Å². The number of hydrogen-bond donors (Lipinski definition) is 2. The molecule has 0 saturated heterocycles. The zero-order valence-electron chi connectivity index (χ0n) is 16.3. The Morgan fingerprint density at radius 1 is 0.833 bits per heavy atom. The van der Waals surface area contributed by atoms with E-state index < -0.39 is 17.8 Å². The fraction of sp³-hybridized carbons (Fsp3) is 0.0870. The number of hydrogen-bond acceptors (Lipinski definition) is 3. The molecule has 2 N–H and O–H groups in total. The Kier molecular flexibility index (Phi) is 3.70. The average Bonchev–Trinajstić information content (AvgIpc) is 3.32. The van der Waals surface area contributed by atoms with E-state index in [-0.39, 0.29) is 11.1 Å². The number of carboxylic acid groups (broad SMARTS) is 1. The van der Waals surface area contributed by atoms with Crippen molar-refractivity contribution in [2.45, 2.75) is 0 Å². The third-order valence-corrected chi connectivity index (χ3v) is 5.60. The predicted octanol–water partition coefficient (Wildman–Crippen LogP) is 2.94. The number of aromatic carboxylic acids is 1. The van der Waals surface area contributed by atoms with Gasteiger partial charge < -0.3 is 14.2 Å². The van der Waals surface area contributed by atoms with Gasteiger partial charge in [0, 0.05) is 59.4 Å². The Morgan fingerprint density at radius 2 is 1.40 bits per heavy atom. The summed E-state index contributed by atoms with van der Waals surface area (Å²) in [4.78, 5) is 37.2. The number of para-hydroxylation sites is 1. The van der Waals surface area contributed by atoms with E-state index in [2.05, 4.69) is 5.32 Å². The van der Waals surface area contributed by atoms with Crippen LogP contribution in [0.2, 0.25) is 0 Å². The van der Waals surface area contributed by atoms with Gasteiger partial charge in [-0.3, -0.25) is 14.9 Å². The van der Waals surface area contributed by atoms with E-state index in [0.29, 0.717) is 22.1 Å². The van der Waals surface area contributed by atoms with Gasteiger partial charge >= 0.3 is 5.97 Å². The summed E-state index contributed by atoms with van der Waals surface area (Å²) in [5.74, 6) is -2.00. The van der Waals surface area contributed by atoms with Crippen molar-refractivity contribution in [2.24, 2.45) is 14.1 Å². The van der Waals surface area contributed by atoms with Crippen molar-refractivity contribution < 1.29 is 19.5 Å². The van der Waals surface area contributed by atoms with Crippen LogP contribution in [0.5, 0.6) is 0 Å². The van der Waals surface area contributed by atoms with Gasteiger partial charge in [-0.2, -0.15) is 0 Å². The predicted molar refractivity (Wildman–Crippen MR) is 113 cm³/mol. The molecule has 2 aromatic heterocycles. The first-order chi connectivity index (χ1) is 14.4. The minimum Gasteiger partial charge on any atom is -0.478 e. The van der Waals surface area contributed by atoms with E-state index in [0.717, 1.165) is 16.4 Å². The molecule has 0 fully saturated rings. The number of benzene rings is 2. The molecule has 0 unspecified atom stereocenters. The number of fused-ring (bicyclic) bond motifs is 2. The zero-order valence-corrected chi connectivity index (χ0v) is 16.3. The van der Waals surface area contributed by atoms with Gasteiger partial charge in [-0.05, 0) is 24.3 Å². The molecule has 2 amide bonds. The maximum atomic E-state index is 12.9. The summed E-state index contributed by atoms with van der Waals surface area (Å²) in [5.41, 5.74) is 3.57. The number of aryl methyl sites for hydroxylation is 2. The maximum absolute atomic E-state index is 12.9. The largest absolute Gasteiger partial charge is 0.478 e. The summed E-state index contributed by atoms with van der Waals surface area (Å²) in [6.07, 6.45) is 3.60. The molecule has 3 heterocycles. The minimum atomic E-state index is -1.05. The van der Waals surface area contributed by atoms with Crippen molar-refractivity contribution in [3.05, 3.63) is 71.5 Å². The van der Waals surface area contributed by atoms with Crippen LogP contribution in [0, 0.1) is 0 Å². The molecule has 7 nitrogen and oxygen atoms in total. The smallest absolute Gasteiger partial charge is 0.335 e. The van der Waals surface area contributed by atoms with Crippen molar-refractivity contribution in [2.75, 3.05) is 0 Å². The molecule has 7 heteroatoms. The van der Waals surface area contributed by atoms with Crippen molar-refractivity contribution in [1.82, 2.24) is 14.5 Å². The standard InChI is InChI=1S/C23H17N3O4/c1-25-10-15(13-5-3-4-6-17(13)25)19-20(22(28)24-21(19)27)16-11-26(2)18-8-7-12(23(29)30)9-14(16)18/h3-11H,1-2H3,(H,29,30)(H,24,27,28). The van der Waals surface area contributed by atoms with Gasteiger partial charge in [0.15, 0.2) is 0 Å². The monoisotopic (exact) mass is 399 g/mol. The number of carboxylic acids is 1. The quantitative estimate of drug-likeness (QED) is 0.518. The molecule has 0 saturated carbocycles. The number of imide groups is 1. The number of rotatable bonds is 3. The van der Waals surface area contributed by atoms with Crippen molar-refractivity contribution in [1.29, 1.82) is 0 Å². The lowest BCUT2D eigenvalue weighted by Crippen LogP contribution is -2.22. The van der Waals surface area contributed by atoms with Crippen LogP contribution >= 0.6 is 0 Å². The second-order valence-electron chi connectivity index (χ2n) is 7.39. The summed E-state index contributed by atoms with van der Waals surface area (Å²) < 4.78 is 3.73. The Hall–Kier alpha value is -4.13. The Labute approximate surface area is 170 Å². The first-order valence-corrected chi connectivity index (χ1v) is 9.34. The Balaban J connectivity index is 1.87. The lowest BCUT2D eigenvalue weighted by molar-refractivity contribution is -0.122. The van der Waals surface area contributed by atoms with Gasteiger partial charge in [0.25, 0.3) is 11.8 Å². The fourth-order valence-corrected chi connectivity index (χ4v) is 4.23. The molecule has 1 aliphatic heterocycles. The summed E-state index contributed by atoms with van der Waals surface area (Å²) in [6, 6.07) is 12.4. The summed E-state index contributed by atoms with van der Waals surface area (Å²) >= 11 is 0. The average molecular weight is 399 g/mol. The molecule has 30 heavy (non-hydrogen) atoms. The summed E-state index contributed by atoms with van der Waals surface area (Å²) in [6.45, 7) is 0. The highest BCUT2D eigenvalue weighted by Gasteiger charge is 2.35. The molecule has 4 aromatic rings. The molecule has 2 aromatic carbocycles. The molecule has 0 bridgehead atoms. The van der Waals surface area contributed by atoms with E-state index in [1.807, 2.05) is 53.7 Å². The van der Waals surface area contributed by atoms with Crippen molar-refractivity contribution in [3.63, 3.8) is 0 Å². The van der Waals surface area contributed by atoms with Gasteiger partial charge in [-0.1, -0.05) is 18.2 Å². The molecule has 5 rings (SSSR count). The van der Waals surface area contributed by atoms with Crippen LogP contribution in [0.4, 0.5) is 0 Å². The number of amides is 2. The van der Waals surface area contributed by atoms with Gasteiger partial charge in [-0.15, -0.1) is 0 Å². The van der Waals surface area contributed by atoms with E-state index in [9.17, 15) is 19.5 Å². The maximum Gasteiger partial charge on any atom is 0.335 e. The zero-order chi connectivity index (χ0) is 21.2. The number of nitrogens with one attached hydrogen (secondary N) is 1.